The van der Waals surface area contributed by atoms with Crippen molar-refractivity contribution >= 4 is 6.09 Å². The number of hydrogen-bond acceptors (Lipinski definition) is 3. The van der Waals surface area contributed by atoms with Gasteiger partial charge in [-0.1, -0.05) is 24.1 Å². The van der Waals surface area contributed by atoms with Gasteiger partial charge in [0.25, 0.3) is 0 Å². The number of carbonyl (C=O) groups is 1. The third kappa shape index (κ3) is 5.33. The van der Waals surface area contributed by atoms with Gasteiger partial charge in [0.2, 0.25) is 0 Å². The monoisotopic (exact) mass is 274 g/mol. The fourth-order valence-corrected chi connectivity index (χ4v) is 1.77. The molecule has 4 nitrogen and oxygen atoms in total. The highest BCUT2D eigenvalue weighted by atomic mass is 16.6. The molecule has 0 radical (unpaired) electrons. The van der Waals surface area contributed by atoms with Crippen molar-refractivity contribution in [3.63, 3.8) is 0 Å². The van der Waals surface area contributed by atoms with Gasteiger partial charge in [-0.05, 0) is 38.8 Å². The molecule has 1 rings (SSSR count). The van der Waals surface area contributed by atoms with Gasteiger partial charge < -0.3 is 15.8 Å². The average Bonchev–Trinajstić information content (AvgIpc) is 2.36. The first kappa shape index (κ1) is 16.1. The summed E-state index contributed by atoms with van der Waals surface area (Å²) < 4.78 is 5.22. The fourth-order valence-electron chi connectivity index (χ4n) is 1.77. The molecular weight excluding hydrogens is 252 g/mol. The van der Waals surface area contributed by atoms with Gasteiger partial charge in [0.15, 0.2) is 0 Å². The van der Waals surface area contributed by atoms with E-state index in [-0.39, 0.29) is 6.04 Å². The lowest BCUT2D eigenvalue weighted by Gasteiger charge is -2.23. The molecule has 0 aliphatic heterocycles. The second-order valence-electron chi connectivity index (χ2n) is 5.58. The molecule has 4 heteroatoms. The predicted octanol–water partition coefficient (Wildman–Crippen LogP) is 2.06. The maximum absolute atomic E-state index is 11.7. The average molecular weight is 274 g/mol. The summed E-state index contributed by atoms with van der Waals surface area (Å²) in [6.07, 6.45) is 5.57. The topological polar surface area (TPSA) is 64.3 Å². The van der Waals surface area contributed by atoms with Crippen LogP contribution in [0.5, 0.6) is 0 Å². The number of rotatable bonds is 4. The quantitative estimate of drug-likeness (QED) is 0.826. The maximum atomic E-state index is 11.7. The predicted molar refractivity (Wildman–Crippen MR) is 80.3 cm³/mol. The zero-order chi connectivity index (χ0) is 15.2. The van der Waals surface area contributed by atoms with Crippen molar-refractivity contribution in [2.75, 3.05) is 6.54 Å². The number of terminal acetylenes is 1. The second-order valence-corrected chi connectivity index (χ2v) is 5.58. The first-order valence-electron chi connectivity index (χ1n) is 6.60. The van der Waals surface area contributed by atoms with E-state index in [1.54, 1.807) is 0 Å². The largest absolute Gasteiger partial charge is 0.444 e. The lowest BCUT2D eigenvalue weighted by molar-refractivity contribution is 0.0506. The van der Waals surface area contributed by atoms with Crippen LogP contribution in [-0.2, 0) is 11.2 Å². The van der Waals surface area contributed by atoms with E-state index in [0.29, 0.717) is 13.0 Å². The van der Waals surface area contributed by atoms with E-state index in [9.17, 15) is 4.79 Å². The summed E-state index contributed by atoms with van der Waals surface area (Å²) in [4.78, 5) is 11.7. The summed E-state index contributed by atoms with van der Waals surface area (Å²) in [6, 6.07) is 7.40. The van der Waals surface area contributed by atoms with Crippen LogP contribution in [0.2, 0.25) is 0 Å². The van der Waals surface area contributed by atoms with Gasteiger partial charge in [-0.15, -0.1) is 6.42 Å². The molecule has 0 aliphatic carbocycles. The Bertz CT molecular complexity index is 498. The maximum Gasteiger partial charge on any atom is 0.407 e. The lowest BCUT2D eigenvalue weighted by Crippen LogP contribution is -2.44. The van der Waals surface area contributed by atoms with Crippen molar-refractivity contribution in [2.45, 2.75) is 38.8 Å². The molecule has 1 atom stereocenters. The summed E-state index contributed by atoms with van der Waals surface area (Å²) >= 11 is 0. The molecule has 0 saturated carbocycles. The van der Waals surface area contributed by atoms with Gasteiger partial charge in [0, 0.05) is 18.2 Å². The summed E-state index contributed by atoms with van der Waals surface area (Å²) in [6.45, 7) is 5.77. The van der Waals surface area contributed by atoms with Crippen LogP contribution in [0, 0.1) is 12.3 Å². The van der Waals surface area contributed by atoms with Gasteiger partial charge in [-0.2, -0.15) is 0 Å². The molecule has 0 fully saturated rings. The van der Waals surface area contributed by atoms with Crippen LogP contribution in [0.4, 0.5) is 4.79 Å². The van der Waals surface area contributed by atoms with E-state index >= 15 is 0 Å². The van der Waals surface area contributed by atoms with Crippen molar-refractivity contribution in [3.05, 3.63) is 35.4 Å². The summed E-state index contributed by atoms with van der Waals surface area (Å²) in [5.41, 5.74) is 6.98. The van der Waals surface area contributed by atoms with Crippen LogP contribution < -0.4 is 11.1 Å². The van der Waals surface area contributed by atoms with Crippen molar-refractivity contribution < 1.29 is 9.53 Å². The van der Waals surface area contributed by atoms with Crippen LogP contribution in [0.15, 0.2) is 24.3 Å². The van der Waals surface area contributed by atoms with Crippen LogP contribution in [-0.4, -0.2) is 24.3 Å². The molecule has 1 amide bonds. The summed E-state index contributed by atoms with van der Waals surface area (Å²) in [5.74, 6) is 2.63. The molecule has 0 aromatic heterocycles. The minimum absolute atomic E-state index is 0.209. The zero-order valence-corrected chi connectivity index (χ0v) is 12.3. The van der Waals surface area contributed by atoms with Crippen molar-refractivity contribution in [1.29, 1.82) is 0 Å². The van der Waals surface area contributed by atoms with Gasteiger partial charge in [0.1, 0.15) is 5.60 Å². The van der Waals surface area contributed by atoms with Crippen molar-refractivity contribution in [1.82, 2.24) is 5.32 Å². The molecule has 1 aromatic rings. The number of nitrogens with two attached hydrogens (primary N) is 1. The first-order valence-corrected chi connectivity index (χ1v) is 6.60. The number of nitrogens with one attached hydrogen (secondary N) is 1. The smallest absolute Gasteiger partial charge is 0.407 e. The Labute approximate surface area is 120 Å². The van der Waals surface area contributed by atoms with Gasteiger partial charge >= 0.3 is 6.09 Å². The molecule has 0 aliphatic rings. The Morgan fingerprint density at radius 1 is 1.45 bits per heavy atom. The molecule has 1 aromatic carbocycles. The SMILES string of the molecule is C#Cc1ccccc1CC(CN)NC(=O)OC(C)(C)C. The van der Waals surface area contributed by atoms with Crippen molar-refractivity contribution in [3.8, 4) is 12.3 Å². The molecular formula is C16H22N2O2. The number of alkyl carbamates (subject to hydrolysis) is 1. The summed E-state index contributed by atoms with van der Waals surface area (Å²) in [7, 11) is 0. The first-order chi connectivity index (χ1) is 9.35. The molecule has 108 valence electrons. The molecule has 0 heterocycles. The molecule has 1 unspecified atom stereocenters. The van der Waals surface area contributed by atoms with Crippen LogP contribution in [0.1, 0.15) is 31.9 Å². The molecule has 0 saturated heterocycles. The van der Waals surface area contributed by atoms with E-state index < -0.39 is 11.7 Å². The zero-order valence-electron chi connectivity index (χ0n) is 12.3. The van der Waals surface area contributed by atoms with Gasteiger partial charge in [-0.3, -0.25) is 0 Å². The fraction of sp³-hybridized carbons (Fsp3) is 0.438. The molecule has 0 spiro atoms. The summed E-state index contributed by atoms with van der Waals surface area (Å²) in [5, 5.41) is 2.77. The van der Waals surface area contributed by atoms with Crippen molar-refractivity contribution in [2.24, 2.45) is 5.73 Å². The van der Waals surface area contributed by atoms with Crippen LogP contribution in [0.25, 0.3) is 0 Å². The highest BCUT2D eigenvalue weighted by molar-refractivity contribution is 5.68. The standard InChI is InChI=1S/C16H22N2O2/c1-5-12-8-6-7-9-13(12)10-14(11-17)18-15(19)20-16(2,3)4/h1,6-9,14H,10-11,17H2,2-4H3,(H,18,19). The van der Waals surface area contributed by atoms with Gasteiger partial charge in [0.05, 0.1) is 0 Å². The number of amides is 1. The van der Waals surface area contributed by atoms with Crippen LogP contribution >= 0.6 is 0 Å². The molecule has 0 bridgehead atoms. The highest BCUT2D eigenvalue weighted by Gasteiger charge is 2.19. The number of carbonyl (C=O) groups excluding carboxylic acids is 1. The Morgan fingerprint density at radius 3 is 2.65 bits per heavy atom. The third-order valence-electron chi connectivity index (χ3n) is 2.64. The second kappa shape index (κ2) is 6.97. The Kier molecular flexibility index (Phi) is 5.60. The molecule has 3 N–H and O–H groups in total. The Hall–Kier alpha value is -1.99. The van der Waals surface area contributed by atoms with E-state index in [2.05, 4.69) is 11.2 Å². The lowest BCUT2D eigenvalue weighted by atomic mass is 10.0. The van der Waals surface area contributed by atoms with Gasteiger partial charge in [-0.25, -0.2) is 4.79 Å². The Balaban J connectivity index is 2.69. The highest BCUT2D eigenvalue weighted by Crippen LogP contribution is 2.11. The Morgan fingerprint density at radius 2 is 2.10 bits per heavy atom. The van der Waals surface area contributed by atoms with E-state index in [0.717, 1.165) is 11.1 Å². The van der Waals surface area contributed by atoms with E-state index in [4.69, 9.17) is 16.9 Å². The minimum Gasteiger partial charge on any atom is -0.444 e. The molecule has 20 heavy (non-hydrogen) atoms. The normalized spacial score (nSPS) is 12.3. The number of ether oxygens (including phenoxy) is 1. The number of benzene rings is 1. The third-order valence-corrected chi connectivity index (χ3v) is 2.64. The van der Waals surface area contributed by atoms with Crippen LogP contribution in [0.3, 0.4) is 0 Å². The van der Waals surface area contributed by atoms with E-state index in [1.165, 1.54) is 0 Å². The minimum atomic E-state index is -0.528. The van der Waals surface area contributed by atoms with E-state index in [1.807, 2.05) is 45.0 Å². The number of hydrogen-bond donors (Lipinski definition) is 2.